The van der Waals surface area contributed by atoms with E-state index in [0.717, 1.165) is 53.0 Å². The van der Waals surface area contributed by atoms with Gasteiger partial charge in [-0.2, -0.15) is 4.37 Å². The second-order valence-electron chi connectivity index (χ2n) is 17.5. The van der Waals surface area contributed by atoms with Gasteiger partial charge in [-0.3, -0.25) is 0 Å². The fraction of sp³-hybridized carbons (Fsp3) is 0.123. The molecule has 0 atom stereocenters. The summed E-state index contributed by atoms with van der Waals surface area (Å²) < 4.78 is 5.26. The molecule has 0 saturated carbocycles. The molecule has 4 nitrogen and oxygen atoms in total. The van der Waals surface area contributed by atoms with Crippen molar-refractivity contribution in [3.05, 3.63) is 189 Å². The smallest absolute Gasteiger partial charge is 0.105 e. The van der Waals surface area contributed by atoms with Crippen LogP contribution in [0.4, 0.5) is 0 Å². The van der Waals surface area contributed by atoms with Crippen LogP contribution in [0.3, 0.4) is 0 Å². The number of hydrogen-bond donors (Lipinski definition) is 0. The summed E-state index contributed by atoms with van der Waals surface area (Å²) in [4.78, 5) is 1.20. The summed E-state index contributed by atoms with van der Waals surface area (Å²) in [7, 11) is 0. The molecule has 0 amide bonds. The van der Waals surface area contributed by atoms with Crippen LogP contribution >= 0.6 is 11.5 Å². The van der Waals surface area contributed by atoms with Crippen molar-refractivity contribution in [2.24, 2.45) is 0 Å². The van der Waals surface area contributed by atoms with Gasteiger partial charge in [0.05, 0.1) is 10.6 Å². The highest BCUT2D eigenvalue weighted by molar-refractivity contribution is 7.09. The number of hydrogen-bond acceptors (Lipinski definition) is 5. The van der Waals surface area contributed by atoms with Crippen molar-refractivity contribution in [2.75, 3.05) is 0 Å². The van der Waals surface area contributed by atoms with Crippen LogP contribution in [0.1, 0.15) is 55.6 Å². The zero-order valence-electron chi connectivity index (χ0n) is 35.0. The van der Waals surface area contributed by atoms with E-state index in [2.05, 4.69) is 161 Å². The Hall–Kier alpha value is -7.08. The normalized spacial score (nSPS) is 13.0. The minimum Gasteiger partial charge on any atom is -0.192 e. The second-order valence-corrected chi connectivity index (χ2v) is 18.3. The van der Waals surface area contributed by atoms with Crippen molar-refractivity contribution in [3.63, 3.8) is 0 Å². The van der Waals surface area contributed by atoms with E-state index in [1.807, 2.05) is 0 Å². The van der Waals surface area contributed by atoms with Crippen molar-refractivity contribution < 1.29 is 0 Å². The standard InChI is InChI=1S/C57H40N4S/c1-30-23-44-38-17-9-6-14-35(38)26-49(44)53(32(30)3)55-56(58-61-59-57(55)54-33(4)31(2)24-45-39-18-10-7-15-36(39)27-50(45)54)43-20-12-11-19-42(43)51-28-48-41-22-21-40-37-16-8-5-13-34(37)25-46(40)47(41)29-52(48)62-60-51/h5-24,28-29H,25-27H2,1-4H3. The quantitative estimate of drug-likeness (QED) is 0.178. The lowest BCUT2D eigenvalue weighted by molar-refractivity contribution is 0.876. The number of aryl methyl sites for hydroxylation is 2. The third-order valence-electron chi connectivity index (χ3n) is 14.4. The molecule has 62 heavy (non-hydrogen) atoms. The highest BCUT2D eigenvalue weighted by Crippen LogP contribution is 2.53. The summed E-state index contributed by atoms with van der Waals surface area (Å²) in [5.74, 6) is 0. The molecule has 0 bridgehead atoms. The van der Waals surface area contributed by atoms with Crippen LogP contribution in [0.2, 0.25) is 0 Å². The molecule has 4 aliphatic carbocycles. The fourth-order valence-electron chi connectivity index (χ4n) is 11.1. The third kappa shape index (κ3) is 5.00. The molecule has 8 aromatic rings. The Labute approximate surface area is 365 Å². The second kappa shape index (κ2) is 13.2. The summed E-state index contributed by atoms with van der Waals surface area (Å²) >= 11 is 1.58. The van der Waals surface area contributed by atoms with Crippen molar-refractivity contribution in [1.82, 2.24) is 19.8 Å². The molecule has 1 aromatic heterocycles. The maximum absolute atomic E-state index is 5.26. The minimum absolute atomic E-state index is 0.831. The Balaban J connectivity index is 1.07. The summed E-state index contributed by atoms with van der Waals surface area (Å²) in [5, 5.41) is 17.6. The molecule has 0 spiro atoms. The predicted molar refractivity (Wildman–Crippen MR) is 255 cm³/mol. The van der Waals surface area contributed by atoms with Gasteiger partial charge in [-0.05, 0) is 181 Å². The number of nitrogens with zero attached hydrogens (tertiary/aromatic N) is 4. The van der Waals surface area contributed by atoms with Gasteiger partial charge in [0, 0.05) is 27.8 Å². The molecule has 0 radical (unpaired) electrons. The SMILES string of the molecule is Cc1cc2c(c(-c3nnnc(-c4ccccc4-c4cc5c6ccc7c(c6cc-5sn4)Cc4ccccc4-7)c3-c3c(C)c(C)cc4c3Cc3ccccc3-4)c1C)Cc1ccccc1-2. The van der Waals surface area contributed by atoms with Crippen LogP contribution in [0, 0.1) is 27.7 Å². The topological polar surface area (TPSA) is 51.6 Å². The molecule has 5 aliphatic rings. The summed E-state index contributed by atoms with van der Waals surface area (Å²) in [5.41, 5.74) is 30.4. The van der Waals surface area contributed by atoms with E-state index in [9.17, 15) is 0 Å². The largest absolute Gasteiger partial charge is 0.192 e. The molecule has 2 heterocycles. The molecule has 0 saturated heterocycles. The van der Waals surface area contributed by atoms with E-state index >= 15 is 0 Å². The van der Waals surface area contributed by atoms with Crippen LogP contribution in [0.15, 0.2) is 133 Å². The van der Waals surface area contributed by atoms with Gasteiger partial charge in [0.1, 0.15) is 11.4 Å². The first-order chi connectivity index (χ1) is 30.4. The lowest BCUT2D eigenvalue weighted by Gasteiger charge is -2.23. The van der Waals surface area contributed by atoms with Crippen LogP contribution in [-0.2, 0) is 19.3 Å². The van der Waals surface area contributed by atoms with Gasteiger partial charge in [0.15, 0.2) is 0 Å². The van der Waals surface area contributed by atoms with Gasteiger partial charge in [-0.15, -0.1) is 10.2 Å². The first kappa shape index (κ1) is 35.7. The Kier molecular flexibility index (Phi) is 7.60. The van der Waals surface area contributed by atoms with Crippen LogP contribution in [-0.4, -0.2) is 19.8 Å². The zero-order chi connectivity index (χ0) is 41.4. The minimum atomic E-state index is 0.831. The highest BCUT2D eigenvalue weighted by atomic mass is 32.1. The number of aromatic nitrogens is 4. The van der Waals surface area contributed by atoms with Crippen LogP contribution < -0.4 is 0 Å². The molecule has 7 aromatic carbocycles. The van der Waals surface area contributed by atoms with E-state index in [1.165, 1.54) is 121 Å². The van der Waals surface area contributed by atoms with Crippen molar-refractivity contribution in [2.45, 2.75) is 47.0 Å². The van der Waals surface area contributed by atoms with Gasteiger partial charge in [0.2, 0.25) is 0 Å². The van der Waals surface area contributed by atoms with E-state index in [1.54, 1.807) is 11.5 Å². The Morgan fingerprint density at radius 1 is 0.403 bits per heavy atom. The molecule has 0 N–H and O–H groups in total. The Bertz CT molecular complexity index is 3550. The monoisotopic (exact) mass is 812 g/mol. The third-order valence-corrected chi connectivity index (χ3v) is 15.2. The average molecular weight is 813 g/mol. The predicted octanol–water partition coefficient (Wildman–Crippen LogP) is 14.2. The van der Waals surface area contributed by atoms with E-state index in [0.29, 0.717) is 0 Å². The van der Waals surface area contributed by atoms with Gasteiger partial charge in [-0.1, -0.05) is 121 Å². The highest BCUT2D eigenvalue weighted by Gasteiger charge is 2.33. The van der Waals surface area contributed by atoms with Crippen LogP contribution in [0.5, 0.6) is 0 Å². The number of rotatable bonds is 4. The lowest BCUT2D eigenvalue weighted by atomic mass is 9.82. The maximum Gasteiger partial charge on any atom is 0.105 e. The van der Waals surface area contributed by atoms with Gasteiger partial charge < -0.3 is 0 Å². The first-order valence-electron chi connectivity index (χ1n) is 21.6. The fourth-order valence-corrected chi connectivity index (χ4v) is 11.9. The Morgan fingerprint density at radius 3 is 1.60 bits per heavy atom. The van der Waals surface area contributed by atoms with Crippen molar-refractivity contribution in [1.29, 1.82) is 0 Å². The van der Waals surface area contributed by atoms with Gasteiger partial charge >= 0.3 is 0 Å². The van der Waals surface area contributed by atoms with Gasteiger partial charge in [-0.25, -0.2) is 0 Å². The van der Waals surface area contributed by atoms with Crippen LogP contribution in [0.25, 0.3) is 99.5 Å². The van der Waals surface area contributed by atoms with E-state index in [-0.39, 0.29) is 0 Å². The zero-order valence-corrected chi connectivity index (χ0v) is 35.8. The first-order valence-corrected chi connectivity index (χ1v) is 22.4. The van der Waals surface area contributed by atoms with Gasteiger partial charge in [0.25, 0.3) is 0 Å². The molecule has 13 rings (SSSR count). The molecule has 1 aliphatic heterocycles. The molecule has 294 valence electrons. The maximum atomic E-state index is 5.26. The molecule has 0 unspecified atom stereocenters. The Morgan fingerprint density at radius 2 is 0.935 bits per heavy atom. The van der Waals surface area contributed by atoms with E-state index < -0.39 is 0 Å². The summed E-state index contributed by atoms with van der Waals surface area (Å²) in [6.07, 6.45) is 2.66. The molecule has 5 heteroatoms. The molecule has 0 fully saturated rings. The van der Waals surface area contributed by atoms with Crippen molar-refractivity contribution >= 4 is 22.3 Å². The molecular formula is C57H40N4S. The number of fused-ring (bicyclic) bond motifs is 13. The lowest BCUT2D eigenvalue weighted by Crippen LogP contribution is -2.07. The molecular weight excluding hydrogens is 773 g/mol. The average Bonchev–Trinajstić information content (AvgIpc) is 4.07. The summed E-state index contributed by atoms with van der Waals surface area (Å²) in [6, 6.07) is 49.3. The number of benzene rings is 7. The summed E-state index contributed by atoms with van der Waals surface area (Å²) in [6.45, 7) is 9.03. The van der Waals surface area contributed by atoms with E-state index in [4.69, 9.17) is 19.8 Å². The van der Waals surface area contributed by atoms with Crippen molar-refractivity contribution in [3.8, 4) is 88.7 Å².